The number of ether oxygens (including phenoxy) is 1. The number of fused-ring (bicyclic) bond motifs is 2. The molecule has 5 atom stereocenters. The third-order valence-electron chi connectivity index (χ3n) is 6.88. The number of hydrogen-bond acceptors (Lipinski definition) is 5. The molecule has 2 bridgehead atoms. The van der Waals surface area contributed by atoms with Crippen molar-refractivity contribution < 1.29 is 14.3 Å². The van der Waals surface area contributed by atoms with Crippen molar-refractivity contribution in [2.75, 3.05) is 13.1 Å². The Bertz CT molecular complexity index is 845. The lowest BCUT2D eigenvalue weighted by molar-refractivity contribution is -0.156. The van der Waals surface area contributed by atoms with E-state index in [0.717, 1.165) is 12.8 Å². The molecule has 158 valence electrons. The predicted octanol–water partition coefficient (Wildman–Crippen LogP) is 1.04. The topological polar surface area (TPSA) is 84.7 Å². The van der Waals surface area contributed by atoms with Gasteiger partial charge < -0.3 is 14.5 Å². The van der Waals surface area contributed by atoms with Crippen molar-refractivity contribution in [1.82, 2.24) is 19.4 Å². The number of rotatable bonds is 4. The predicted molar refractivity (Wildman–Crippen MR) is 106 cm³/mol. The van der Waals surface area contributed by atoms with Gasteiger partial charge in [0.1, 0.15) is 6.54 Å². The van der Waals surface area contributed by atoms with Crippen molar-refractivity contribution in [3.63, 3.8) is 0 Å². The Kier molecular flexibility index (Phi) is 5.23. The number of aromatic nitrogens is 2. The Morgan fingerprint density at radius 2 is 1.97 bits per heavy atom. The first-order chi connectivity index (χ1) is 13.9. The van der Waals surface area contributed by atoms with Gasteiger partial charge in [-0.25, -0.2) is 9.78 Å². The Morgan fingerprint density at radius 1 is 1.24 bits per heavy atom. The summed E-state index contributed by atoms with van der Waals surface area (Å²) in [5.74, 6) is 0.0602. The van der Waals surface area contributed by atoms with Crippen molar-refractivity contribution >= 4 is 11.8 Å². The molecule has 1 aromatic heterocycles. The maximum atomic E-state index is 13.7. The van der Waals surface area contributed by atoms with Crippen molar-refractivity contribution in [2.24, 2.45) is 5.41 Å². The highest BCUT2D eigenvalue weighted by Gasteiger charge is 2.61. The van der Waals surface area contributed by atoms with Crippen LogP contribution in [0.4, 0.5) is 0 Å². The first kappa shape index (κ1) is 20.1. The van der Waals surface area contributed by atoms with Gasteiger partial charge in [0.05, 0.1) is 17.6 Å². The second kappa shape index (κ2) is 7.55. The number of nitrogens with zero attached hydrogens (tertiary/aromatic N) is 4. The number of amides is 2. The molecule has 8 heteroatoms. The van der Waals surface area contributed by atoms with Crippen LogP contribution < -0.4 is 5.69 Å². The first-order valence-corrected chi connectivity index (χ1v) is 10.6. The molecule has 2 amide bonds. The molecule has 3 aliphatic heterocycles. The smallest absolute Gasteiger partial charge is 0.347 e. The highest BCUT2D eigenvalue weighted by atomic mass is 16.5. The molecule has 3 saturated heterocycles. The van der Waals surface area contributed by atoms with E-state index in [1.165, 1.54) is 10.8 Å². The lowest BCUT2D eigenvalue weighted by Gasteiger charge is -2.43. The minimum Gasteiger partial charge on any atom is -0.372 e. The van der Waals surface area contributed by atoms with E-state index in [1.807, 2.05) is 23.6 Å². The van der Waals surface area contributed by atoms with Gasteiger partial charge in [-0.1, -0.05) is 6.92 Å². The average molecular weight is 402 g/mol. The van der Waals surface area contributed by atoms with Gasteiger partial charge in [0, 0.05) is 37.6 Å². The molecule has 8 nitrogen and oxygen atoms in total. The van der Waals surface area contributed by atoms with Gasteiger partial charge in [0.25, 0.3) is 0 Å². The minimum absolute atomic E-state index is 0.0189. The largest absolute Gasteiger partial charge is 0.372 e. The molecule has 4 heterocycles. The summed E-state index contributed by atoms with van der Waals surface area (Å²) in [4.78, 5) is 46.3. The zero-order valence-corrected chi connectivity index (χ0v) is 17.4. The van der Waals surface area contributed by atoms with Crippen molar-refractivity contribution in [2.45, 2.75) is 77.3 Å². The maximum Gasteiger partial charge on any atom is 0.347 e. The minimum atomic E-state index is -0.532. The summed E-state index contributed by atoms with van der Waals surface area (Å²) in [6.07, 6.45) is 6.23. The van der Waals surface area contributed by atoms with Gasteiger partial charge in [0.2, 0.25) is 11.8 Å². The Balaban J connectivity index is 1.56. The summed E-state index contributed by atoms with van der Waals surface area (Å²) < 4.78 is 7.13. The van der Waals surface area contributed by atoms with Crippen molar-refractivity contribution in [3.8, 4) is 0 Å². The number of carbonyl (C=O) groups excluding carboxylic acids is 2. The molecule has 0 saturated carbocycles. The lowest BCUT2D eigenvalue weighted by atomic mass is 9.70. The van der Waals surface area contributed by atoms with E-state index >= 15 is 0 Å². The lowest BCUT2D eigenvalue weighted by Crippen LogP contribution is -2.56. The summed E-state index contributed by atoms with van der Waals surface area (Å²) in [6, 6.07) is 1.62. The molecule has 3 fully saturated rings. The molecule has 3 aliphatic rings. The monoisotopic (exact) mass is 402 g/mol. The van der Waals surface area contributed by atoms with E-state index < -0.39 is 11.1 Å². The van der Waals surface area contributed by atoms with Crippen LogP contribution in [0.3, 0.4) is 0 Å². The van der Waals surface area contributed by atoms with Crippen LogP contribution in [-0.4, -0.2) is 68.5 Å². The molecule has 0 radical (unpaired) electrons. The fourth-order valence-electron chi connectivity index (χ4n) is 5.71. The van der Waals surface area contributed by atoms with Crippen LogP contribution in [0.25, 0.3) is 0 Å². The molecular weight excluding hydrogens is 372 g/mol. The van der Waals surface area contributed by atoms with Gasteiger partial charge in [-0.2, -0.15) is 0 Å². The zero-order valence-electron chi connectivity index (χ0n) is 17.4. The van der Waals surface area contributed by atoms with Crippen molar-refractivity contribution in [1.29, 1.82) is 0 Å². The summed E-state index contributed by atoms with van der Waals surface area (Å²) in [7, 11) is 0. The summed E-state index contributed by atoms with van der Waals surface area (Å²) in [5, 5.41) is 0. The number of carbonyl (C=O) groups is 2. The highest BCUT2D eigenvalue weighted by molar-refractivity contribution is 5.87. The highest BCUT2D eigenvalue weighted by Crippen LogP contribution is 2.53. The molecule has 0 aliphatic carbocycles. The molecule has 4 rings (SSSR count). The fourth-order valence-corrected chi connectivity index (χ4v) is 5.71. The Labute approximate surface area is 170 Å². The summed E-state index contributed by atoms with van der Waals surface area (Å²) in [6.45, 7) is 7.22. The normalized spacial score (nSPS) is 33.9. The van der Waals surface area contributed by atoms with Crippen LogP contribution in [0.5, 0.6) is 0 Å². The summed E-state index contributed by atoms with van der Waals surface area (Å²) in [5.41, 5.74) is -0.962. The standard InChI is InChI=1S/C21H30N4O4/c1-4-21(19(27)24-11-14(2)29-15(3)12-24)10-16-6-7-17(21)25(16)18(26)13-23-9-5-8-22-20(23)28/h5,8-9,14-17H,4,6-7,10-13H2,1-3H3/t14-,15+,16-,17+,21+/m0/s1. The zero-order chi connectivity index (χ0) is 20.8. The molecule has 0 spiro atoms. The molecule has 0 N–H and O–H groups in total. The van der Waals surface area contributed by atoms with Gasteiger partial charge in [-0.15, -0.1) is 0 Å². The molecule has 0 aromatic carbocycles. The van der Waals surface area contributed by atoms with Crippen LogP contribution in [0.15, 0.2) is 23.3 Å². The van der Waals surface area contributed by atoms with Gasteiger partial charge in [-0.05, 0) is 45.6 Å². The maximum absolute atomic E-state index is 13.7. The van der Waals surface area contributed by atoms with Gasteiger partial charge in [-0.3, -0.25) is 14.2 Å². The van der Waals surface area contributed by atoms with Crippen LogP contribution in [0.2, 0.25) is 0 Å². The van der Waals surface area contributed by atoms with E-state index in [1.54, 1.807) is 12.3 Å². The van der Waals surface area contributed by atoms with Gasteiger partial charge in [0.15, 0.2) is 0 Å². The van der Waals surface area contributed by atoms with E-state index in [-0.39, 0.29) is 42.7 Å². The van der Waals surface area contributed by atoms with E-state index in [0.29, 0.717) is 25.9 Å². The second-order valence-electron chi connectivity index (χ2n) is 8.76. The molecule has 0 unspecified atom stereocenters. The second-order valence-corrected chi connectivity index (χ2v) is 8.76. The molecular formula is C21H30N4O4. The van der Waals surface area contributed by atoms with E-state index in [2.05, 4.69) is 11.9 Å². The fraction of sp³-hybridized carbons (Fsp3) is 0.714. The van der Waals surface area contributed by atoms with Crippen LogP contribution in [0.1, 0.15) is 46.5 Å². The summed E-state index contributed by atoms with van der Waals surface area (Å²) >= 11 is 0. The third kappa shape index (κ3) is 3.37. The number of morpholine rings is 1. The third-order valence-corrected chi connectivity index (χ3v) is 6.88. The van der Waals surface area contributed by atoms with Crippen LogP contribution in [0, 0.1) is 5.41 Å². The number of hydrogen-bond donors (Lipinski definition) is 0. The van der Waals surface area contributed by atoms with Crippen LogP contribution >= 0.6 is 0 Å². The van der Waals surface area contributed by atoms with Gasteiger partial charge >= 0.3 is 5.69 Å². The first-order valence-electron chi connectivity index (χ1n) is 10.6. The quantitative estimate of drug-likeness (QED) is 0.751. The molecule has 1 aromatic rings. The van der Waals surface area contributed by atoms with E-state index in [9.17, 15) is 14.4 Å². The van der Waals surface area contributed by atoms with Crippen molar-refractivity contribution in [3.05, 3.63) is 28.9 Å². The average Bonchev–Trinajstić information content (AvgIpc) is 3.25. The SMILES string of the molecule is CC[C@@]1(C(=O)N2C[C@@H](C)O[C@@H](C)C2)C[C@@H]2CC[C@H]1N2C(=O)Cn1cccnc1=O. The molecule has 29 heavy (non-hydrogen) atoms. The van der Waals surface area contributed by atoms with E-state index in [4.69, 9.17) is 4.74 Å². The Hall–Kier alpha value is -2.22. The Morgan fingerprint density at radius 3 is 2.62 bits per heavy atom. The van der Waals surface area contributed by atoms with Crippen LogP contribution in [-0.2, 0) is 20.9 Å².